The van der Waals surface area contributed by atoms with Crippen LogP contribution in [0.3, 0.4) is 0 Å². The van der Waals surface area contributed by atoms with Gasteiger partial charge >= 0.3 is 6.09 Å². The van der Waals surface area contributed by atoms with Gasteiger partial charge in [0.25, 0.3) is 0 Å². The van der Waals surface area contributed by atoms with E-state index in [4.69, 9.17) is 4.74 Å². The molecule has 1 atom stereocenters. The second-order valence-corrected chi connectivity index (χ2v) is 5.38. The summed E-state index contributed by atoms with van der Waals surface area (Å²) in [5.41, 5.74) is -0.404. The minimum Gasteiger partial charge on any atom is -0.444 e. The molecule has 1 amide bonds. The summed E-state index contributed by atoms with van der Waals surface area (Å²) < 4.78 is 5.41. The third kappa shape index (κ3) is 4.00. The second-order valence-electron chi connectivity index (χ2n) is 5.38. The third-order valence-electron chi connectivity index (χ3n) is 2.69. The van der Waals surface area contributed by atoms with Crippen LogP contribution in [0, 0.1) is 0 Å². The van der Waals surface area contributed by atoms with E-state index in [2.05, 4.69) is 5.32 Å². The minimum atomic E-state index is -0.404. The molecular formula is C12H24N2O2. The maximum atomic E-state index is 12.0. The number of nitrogens with one attached hydrogen (secondary N) is 1. The fraction of sp³-hybridized carbons (Fsp3) is 0.917. The first-order chi connectivity index (χ1) is 7.44. The molecule has 0 spiro atoms. The minimum absolute atomic E-state index is 0.174. The fourth-order valence-electron chi connectivity index (χ4n) is 2.01. The van der Waals surface area contributed by atoms with Crippen LogP contribution in [-0.4, -0.2) is 42.8 Å². The number of hydrogen-bond donors (Lipinski definition) is 1. The van der Waals surface area contributed by atoms with Crippen molar-refractivity contribution in [2.75, 3.05) is 20.1 Å². The number of carbonyl (C=O) groups excluding carboxylic acids is 1. The zero-order valence-corrected chi connectivity index (χ0v) is 10.9. The molecule has 0 aromatic heterocycles. The van der Waals surface area contributed by atoms with Gasteiger partial charge in [0.05, 0.1) is 0 Å². The van der Waals surface area contributed by atoms with Crippen molar-refractivity contribution in [1.82, 2.24) is 10.2 Å². The number of hydrogen-bond acceptors (Lipinski definition) is 3. The van der Waals surface area contributed by atoms with Crippen molar-refractivity contribution in [2.45, 2.75) is 51.7 Å². The highest BCUT2D eigenvalue weighted by Crippen LogP contribution is 2.19. The van der Waals surface area contributed by atoms with Gasteiger partial charge in [-0.3, -0.25) is 0 Å². The molecule has 1 fully saturated rings. The molecule has 1 saturated heterocycles. The lowest BCUT2D eigenvalue weighted by atomic mass is 10.0. The monoisotopic (exact) mass is 228 g/mol. The quantitative estimate of drug-likeness (QED) is 0.786. The Hall–Kier alpha value is -0.770. The Kier molecular flexibility index (Phi) is 4.59. The van der Waals surface area contributed by atoms with Gasteiger partial charge in [-0.1, -0.05) is 0 Å². The topological polar surface area (TPSA) is 41.6 Å². The van der Waals surface area contributed by atoms with Crippen LogP contribution < -0.4 is 5.32 Å². The number of rotatable bonds is 2. The van der Waals surface area contributed by atoms with Crippen molar-refractivity contribution in [2.24, 2.45) is 0 Å². The van der Waals surface area contributed by atoms with Gasteiger partial charge in [0.2, 0.25) is 0 Å². The molecule has 4 nitrogen and oxygen atoms in total. The predicted molar refractivity (Wildman–Crippen MR) is 64.5 cm³/mol. The van der Waals surface area contributed by atoms with Crippen molar-refractivity contribution >= 4 is 6.09 Å². The lowest BCUT2D eigenvalue weighted by Crippen LogP contribution is -2.49. The van der Waals surface area contributed by atoms with Crippen LogP contribution in [0.1, 0.15) is 40.0 Å². The molecule has 4 heteroatoms. The van der Waals surface area contributed by atoms with Crippen LogP contribution in [-0.2, 0) is 4.74 Å². The predicted octanol–water partition coefficient (Wildman–Crippen LogP) is 2.00. The maximum absolute atomic E-state index is 12.0. The molecule has 0 unspecified atom stereocenters. The normalized spacial score (nSPS) is 22.0. The summed E-state index contributed by atoms with van der Waals surface area (Å²) in [5.74, 6) is 0. The maximum Gasteiger partial charge on any atom is 0.410 e. The Morgan fingerprint density at radius 2 is 2.12 bits per heavy atom. The zero-order chi connectivity index (χ0) is 12.2. The van der Waals surface area contributed by atoms with E-state index in [0.29, 0.717) is 0 Å². The Morgan fingerprint density at radius 3 is 2.69 bits per heavy atom. The highest BCUT2D eigenvalue weighted by atomic mass is 16.6. The fourth-order valence-corrected chi connectivity index (χ4v) is 2.01. The van der Waals surface area contributed by atoms with Crippen LogP contribution in [0.5, 0.6) is 0 Å². The van der Waals surface area contributed by atoms with Crippen molar-refractivity contribution < 1.29 is 9.53 Å². The number of nitrogens with zero attached hydrogens (tertiary/aromatic N) is 1. The molecule has 0 bridgehead atoms. The molecule has 16 heavy (non-hydrogen) atoms. The van der Waals surface area contributed by atoms with Gasteiger partial charge in [-0.25, -0.2) is 4.79 Å². The first-order valence-electron chi connectivity index (χ1n) is 6.08. The van der Waals surface area contributed by atoms with Crippen LogP contribution in [0.2, 0.25) is 0 Å². The first kappa shape index (κ1) is 13.3. The zero-order valence-electron chi connectivity index (χ0n) is 10.9. The van der Waals surface area contributed by atoms with Gasteiger partial charge in [-0.05, 0) is 47.1 Å². The summed E-state index contributed by atoms with van der Waals surface area (Å²) in [7, 11) is 1.92. The molecule has 1 N–H and O–H groups in total. The molecule has 0 aromatic carbocycles. The van der Waals surface area contributed by atoms with Gasteiger partial charge in [0.1, 0.15) is 5.60 Å². The lowest BCUT2D eigenvalue weighted by Gasteiger charge is -2.36. The van der Waals surface area contributed by atoms with Crippen LogP contribution in [0.15, 0.2) is 0 Å². The number of ether oxygens (including phenoxy) is 1. The highest BCUT2D eigenvalue weighted by Gasteiger charge is 2.29. The lowest BCUT2D eigenvalue weighted by molar-refractivity contribution is 0.0102. The van der Waals surface area contributed by atoms with E-state index < -0.39 is 5.60 Å². The van der Waals surface area contributed by atoms with Crippen molar-refractivity contribution in [1.29, 1.82) is 0 Å². The van der Waals surface area contributed by atoms with Crippen molar-refractivity contribution in [3.8, 4) is 0 Å². The molecule has 1 aliphatic heterocycles. The average molecular weight is 228 g/mol. The molecular weight excluding hydrogens is 204 g/mol. The van der Waals surface area contributed by atoms with E-state index in [1.54, 1.807) is 0 Å². The van der Waals surface area contributed by atoms with E-state index in [1.807, 2.05) is 32.7 Å². The van der Waals surface area contributed by atoms with Crippen LogP contribution in [0.4, 0.5) is 4.79 Å². The summed E-state index contributed by atoms with van der Waals surface area (Å²) in [6.07, 6.45) is 3.18. The van der Waals surface area contributed by atoms with Gasteiger partial charge < -0.3 is 15.0 Å². The molecule has 0 aromatic rings. The number of likely N-dealkylation sites (N-methyl/N-ethyl adjacent to an activating group) is 1. The summed E-state index contributed by atoms with van der Waals surface area (Å²) in [6.45, 7) is 7.38. The van der Waals surface area contributed by atoms with E-state index in [9.17, 15) is 4.79 Å². The van der Waals surface area contributed by atoms with E-state index in [-0.39, 0.29) is 12.1 Å². The summed E-state index contributed by atoms with van der Waals surface area (Å²) in [5, 5.41) is 3.14. The van der Waals surface area contributed by atoms with Gasteiger partial charge in [0.15, 0.2) is 0 Å². The van der Waals surface area contributed by atoms with Gasteiger partial charge in [-0.15, -0.1) is 0 Å². The van der Waals surface area contributed by atoms with Crippen LogP contribution >= 0.6 is 0 Å². The number of carbonyl (C=O) groups is 1. The molecule has 0 aliphatic carbocycles. The standard InChI is InChI=1S/C12H24N2O2/c1-12(2,3)16-11(15)14-8-6-5-7-10(14)9-13-4/h10,13H,5-9H2,1-4H3/t10-/m1/s1. The van der Waals surface area contributed by atoms with Crippen molar-refractivity contribution in [3.63, 3.8) is 0 Å². The molecule has 0 radical (unpaired) electrons. The largest absolute Gasteiger partial charge is 0.444 e. The average Bonchev–Trinajstić information content (AvgIpc) is 2.16. The number of piperidine rings is 1. The molecule has 0 saturated carbocycles. The van der Waals surface area contributed by atoms with E-state index >= 15 is 0 Å². The number of likely N-dealkylation sites (tertiary alicyclic amines) is 1. The van der Waals surface area contributed by atoms with Gasteiger partial charge in [0, 0.05) is 19.1 Å². The van der Waals surface area contributed by atoms with Crippen LogP contribution in [0.25, 0.3) is 0 Å². The SMILES string of the molecule is CNC[C@H]1CCCCN1C(=O)OC(C)(C)C. The summed E-state index contributed by atoms with van der Waals surface area (Å²) in [6, 6.07) is 0.286. The third-order valence-corrected chi connectivity index (χ3v) is 2.69. The Balaban J connectivity index is 2.57. The first-order valence-corrected chi connectivity index (χ1v) is 6.08. The highest BCUT2D eigenvalue weighted by molar-refractivity contribution is 5.68. The number of amides is 1. The molecule has 1 rings (SSSR count). The Bertz CT molecular complexity index is 234. The van der Waals surface area contributed by atoms with Gasteiger partial charge in [-0.2, -0.15) is 0 Å². The Labute approximate surface area is 98.3 Å². The molecule has 94 valence electrons. The Morgan fingerprint density at radius 1 is 1.44 bits per heavy atom. The summed E-state index contributed by atoms with van der Waals surface area (Å²) >= 11 is 0. The van der Waals surface area contributed by atoms with E-state index in [0.717, 1.165) is 25.9 Å². The molecule has 1 heterocycles. The second kappa shape index (κ2) is 5.53. The smallest absolute Gasteiger partial charge is 0.410 e. The van der Waals surface area contributed by atoms with Crippen molar-refractivity contribution in [3.05, 3.63) is 0 Å². The molecule has 1 aliphatic rings. The van der Waals surface area contributed by atoms with E-state index in [1.165, 1.54) is 6.42 Å². The summed E-state index contributed by atoms with van der Waals surface area (Å²) in [4.78, 5) is 13.8.